The first-order valence-electron chi connectivity index (χ1n) is 9.33. The van der Waals surface area contributed by atoms with E-state index >= 15 is 0 Å². The summed E-state index contributed by atoms with van der Waals surface area (Å²) in [4.78, 5) is 27.6. The van der Waals surface area contributed by atoms with E-state index in [1.165, 1.54) is 0 Å². The molecule has 32 heavy (non-hydrogen) atoms. The van der Waals surface area contributed by atoms with Crippen LogP contribution in [-0.4, -0.2) is 39.9 Å². The molecule has 0 unspecified atom stereocenters. The Morgan fingerprint density at radius 3 is 2.81 bits per heavy atom. The SMILES string of the molecule is COc1cc(C)c2oc(COC(=O)Nc3ccn([C@@H]4O[CH][C@@H](O)C4(F)F)c(=O)n3)cc2c1. The molecule has 0 aliphatic carbocycles. The molecule has 0 saturated carbocycles. The van der Waals surface area contributed by atoms with Gasteiger partial charge in [0.2, 0.25) is 6.23 Å². The highest BCUT2D eigenvalue weighted by Gasteiger charge is 2.55. The number of hydrogen-bond acceptors (Lipinski definition) is 8. The maximum Gasteiger partial charge on any atom is 0.413 e. The molecule has 1 amide bonds. The van der Waals surface area contributed by atoms with Crippen LogP contribution in [0.1, 0.15) is 17.6 Å². The monoisotopic (exact) mass is 450 g/mol. The summed E-state index contributed by atoms with van der Waals surface area (Å²) in [5.41, 5.74) is 0.363. The summed E-state index contributed by atoms with van der Waals surface area (Å²) in [6, 6.07) is 6.40. The summed E-state index contributed by atoms with van der Waals surface area (Å²) in [6.45, 7) is 2.19. The van der Waals surface area contributed by atoms with Gasteiger partial charge in [0.15, 0.2) is 12.7 Å². The standard InChI is InChI=1S/C20H18F2N3O7/c1-10-5-12(29-2)6-11-7-13(32-16(10)11)8-31-19(28)24-15-3-4-25(18(27)23-15)17-20(21,22)14(26)9-30-17/h3-7,9,14,17,26H,8H2,1-2H3,(H,23,24,27,28)/t14-,17-/m1/s1. The van der Waals surface area contributed by atoms with Crippen molar-refractivity contribution in [2.45, 2.75) is 31.8 Å². The molecule has 1 saturated heterocycles. The second-order valence-corrected chi connectivity index (χ2v) is 7.02. The number of aliphatic hydroxyl groups excluding tert-OH is 1. The van der Waals surface area contributed by atoms with Gasteiger partial charge in [-0.2, -0.15) is 13.8 Å². The van der Waals surface area contributed by atoms with Crippen molar-refractivity contribution in [3.8, 4) is 5.75 Å². The number of anilines is 1. The highest BCUT2D eigenvalue weighted by atomic mass is 19.3. The number of hydrogen-bond donors (Lipinski definition) is 2. The predicted molar refractivity (Wildman–Crippen MR) is 105 cm³/mol. The van der Waals surface area contributed by atoms with Crippen LogP contribution in [0.2, 0.25) is 0 Å². The Bertz CT molecular complexity index is 1220. The van der Waals surface area contributed by atoms with Gasteiger partial charge in [0.1, 0.15) is 29.5 Å². The van der Waals surface area contributed by atoms with Crippen LogP contribution in [0.5, 0.6) is 5.75 Å². The summed E-state index contributed by atoms with van der Waals surface area (Å²) in [5, 5.41) is 12.2. The second-order valence-electron chi connectivity index (χ2n) is 7.02. The van der Waals surface area contributed by atoms with E-state index < -0.39 is 30.0 Å². The average molecular weight is 450 g/mol. The average Bonchev–Trinajstić information content (AvgIpc) is 3.27. The number of carbonyl (C=O) groups excluding carboxylic acids is 1. The van der Waals surface area contributed by atoms with Gasteiger partial charge < -0.3 is 23.7 Å². The quantitative estimate of drug-likeness (QED) is 0.608. The summed E-state index contributed by atoms with van der Waals surface area (Å²) in [5.74, 6) is -2.89. The van der Waals surface area contributed by atoms with Crippen molar-refractivity contribution in [2.24, 2.45) is 0 Å². The first-order chi connectivity index (χ1) is 15.2. The fourth-order valence-corrected chi connectivity index (χ4v) is 3.20. The fraction of sp³-hybridized carbons (Fsp3) is 0.300. The second kappa shape index (κ2) is 8.20. The lowest BCUT2D eigenvalue weighted by molar-refractivity contribution is -0.140. The van der Waals surface area contributed by atoms with E-state index in [2.05, 4.69) is 15.0 Å². The van der Waals surface area contributed by atoms with E-state index in [4.69, 9.17) is 13.9 Å². The molecule has 4 rings (SSSR count). The number of nitrogens with one attached hydrogen (secondary N) is 1. The lowest BCUT2D eigenvalue weighted by Crippen LogP contribution is -2.40. The van der Waals surface area contributed by atoms with Crippen molar-refractivity contribution in [2.75, 3.05) is 12.4 Å². The third kappa shape index (κ3) is 4.01. The number of ether oxygens (including phenoxy) is 3. The van der Waals surface area contributed by atoms with Crippen molar-refractivity contribution >= 4 is 22.9 Å². The molecule has 2 aromatic heterocycles. The van der Waals surface area contributed by atoms with E-state index in [1.807, 2.05) is 13.0 Å². The van der Waals surface area contributed by atoms with Crippen LogP contribution in [0.4, 0.5) is 19.4 Å². The number of aromatic nitrogens is 2. The van der Waals surface area contributed by atoms with Crippen LogP contribution >= 0.6 is 0 Å². The zero-order valence-electron chi connectivity index (χ0n) is 16.9. The number of furan rings is 1. The zero-order valence-corrected chi connectivity index (χ0v) is 16.9. The minimum absolute atomic E-state index is 0.199. The van der Waals surface area contributed by atoms with E-state index in [0.29, 0.717) is 28.3 Å². The topological polar surface area (TPSA) is 125 Å². The Hall–Kier alpha value is -3.51. The molecular weight excluding hydrogens is 432 g/mol. The molecule has 169 valence electrons. The molecule has 1 aliphatic rings. The Morgan fingerprint density at radius 1 is 1.38 bits per heavy atom. The summed E-state index contributed by atoms with van der Waals surface area (Å²) < 4.78 is 48.9. The van der Waals surface area contributed by atoms with Crippen LogP contribution in [0.25, 0.3) is 11.0 Å². The number of aryl methyl sites for hydroxylation is 1. The predicted octanol–water partition coefficient (Wildman–Crippen LogP) is 2.74. The van der Waals surface area contributed by atoms with Crippen molar-refractivity contribution in [3.05, 3.63) is 58.9 Å². The number of alkyl halides is 2. The molecule has 0 bridgehead atoms. The van der Waals surface area contributed by atoms with Crippen molar-refractivity contribution in [1.82, 2.24) is 9.55 Å². The van der Waals surface area contributed by atoms with Gasteiger partial charge >= 0.3 is 17.7 Å². The number of carbonyl (C=O) groups is 1. The first-order valence-corrected chi connectivity index (χ1v) is 9.33. The molecule has 1 aromatic carbocycles. The van der Waals surface area contributed by atoms with E-state index in [9.17, 15) is 23.5 Å². The van der Waals surface area contributed by atoms with Crippen LogP contribution < -0.4 is 15.7 Å². The Kier molecular flexibility index (Phi) is 5.57. The molecule has 1 aliphatic heterocycles. The number of amides is 1. The number of fused-ring (bicyclic) bond motifs is 1. The molecule has 12 heteroatoms. The molecule has 3 aromatic rings. The van der Waals surface area contributed by atoms with E-state index in [0.717, 1.165) is 23.2 Å². The zero-order chi connectivity index (χ0) is 23.0. The highest BCUT2D eigenvalue weighted by molar-refractivity contribution is 5.84. The van der Waals surface area contributed by atoms with Gasteiger partial charge in [0.05, 0.1) is 7.11 Å². The number of rotatable bonds is 5. The van der Waals surface area contributed by atoms with Crippen LogP contribution in [0.15, 0.2) is 39.7 Å². The maximum atomic E-state index is 13.9. The lowest BCUT2D eigenvalue weighted by Gasteiger charge is -2.21. The largest absolute Gasteiger partial charge is 0.497 e. The van der Waals surface area contributed by atoms with E-state index in [-0.39, 0.29) is 12.4 Å². The third-order valence-corrected chi connectivity index (χ3v) is 4.78. The smallest absolute Gasteiger partial charge is 0.413 e. The highest BCUT2D eigenvalue weighted by Crippen LogP contribution is 2.40. The normalized spacial score (nSPS) is 19.8. The van der Waals surface area contributed by atoms with Gasteiger partial charge in [0, 0.05) is 11.6 Å². The van der Waals surface area contributed by atoms with Gasteiger partial charge in [-0.05, 0) is 36.8 Å². The Balaban J connectivity index is 1.40. The van der Waals surface area contributed by atoms with Crippen LogP contribution in [0.3, 0.4) is 0 Å². The number of methoxy groups -OCH3 is 1. The van der Waals surface area contributed by atoms with Crippen molar-refractivity contribution < 1.29 is 37.3 Å². The fourth-order valence-electron chi connectivity index (χ4n) is 3.20. The molecule has 2 N–H and O–H groups in total. The number of benzene rings is 1. The number of nitrogens with zero attached hydrogens (tertiary/aromatic N) is 2. The molecule has 3 heterocycles. The van der Waals surface area contributed by atoms with Crippen molar-refractivity contribution in [3.63, 3.8) is 0 Å². The summed E-state index contributed by atoms with van der Waals surface area (Å²) in [6.07, 6.45) is -4.18. The molecule has 2 atom stereocenters. The van der Waals surface area contributed by atoms with Crippen LogP contribution in [0, 0.1) is 13.5 Å². The minimum atomic E-state index is -3.71. The van der Waals surface area contributed by atoms with Gasteiger partial charge in [0.25, 0.3) is 0 Å². The lowest BCUT2D eigenvalue weighted by atomic mass is 10.1. The third-order valence-electron chi connectivity index (χ3n) is 4.78. The summed E-state index contributed by atoms with van der Waals surface area (Å²) in [7, 11) is 1.55. The molecular formula is C20H18F2N3O7. The Labute approximate surface area is 179 Å². The molecule has 1 fully saturated rings. The van der Waals surface area contributed by atoms with Gasteiger partial charge in [-0.3, -0.25) is 9.88 Å². The minimum Gasteiger partial charge on any atom is -0.497 e. The molecule has 0 spiro atoms. The maximum absolute atomic E-state index is 13.9. The molecule has 1 radical (unpaired) electrons. The van der Waals surface area contributed by atoms with Gasteiger partial charge in [-0.1, -0.05) is 0 Å². The number of aliphatic hydroxyl groups is 1. The van der Waals surface area contributed by atoms with Crippen molar-refractivity contribution in [1.29, 1.82) is 0 Å². The first kappa shape index (κ1) is 21.7. The van der Waals surface area contributed by atoms with Gasteiger partial charge in [-0.15, -0.1) is 0 Å². The van der Waals surface area contributed by atoms with E-state index in [1.54, 1.807) is 19.2 Å². The number of halogens is 2. The summed E-state index contributed by atoms with van der Waals surface area (Å²) >= 11 is 0. The molecule has 10 nitrogen and oxygen atoms in total. The van der Waals surface area contributed by atoms with Crippen LogP contribution in [-0.2, 0) is 16.1 Å². The van der Waals surface area contributed by atoms with Gasteiger partial charge in [-0.25, -0.2) is 9.59 Å². The Morgan fingerprint density at radius 2 is 2.16 bits per heavy atom.